The van der Waals surface area contributed by atoms with Crippen LogP contribution in [0.25, 0.3) is 0 Å². The number of hydrogen-bond donors (Lipinski definition) is 2. The molecule has 1 fully saturated rings. The van der Waals surface area contributed by atoms with Gasteiger partial charge in [0.05, 0.1) is 12.1 Å². The second kappa shape index (κ2) is 6.77. The number of nitrogens with zero attached hydrogens (tertiary/aromatic N) is 1. The van der Waals surface area contributed by atoms with E-state index in [0.717, 1.165) is 18.6 Å². The first-order valence-corrected chi connectivity index (χ1v) is 7.97. The van der Waals surface area contributed by atoms with Crippen LogP contribution in [-0.4, -0.2) is 30.6 Å². The summed E-state index contributed by atoms with van der Waals surface area (Å²) < 4.78 is 5.82. The molecule has 1 saturated carbocycles. The molecule has 0 saturated heterocycles. The van der Waals surface area contributed by atoms with Gasteiger partial charge in [0.15, 0.2) is 0 Å². The Morgan fingerprint density at radius 2 is 1.81 bits per heavy atom. The van der Waals surface area contributed by atoms with E-state index in [-0.39, 0.29) is 11.6 Å². The van der Waals surface area contributed by atoms with E-state index in [1.165, 1.54) is 18.4 Å². The summed E-state index contributed by atoms with van der Waals surface area (Å²) in [5.74, 6) is 6.86. The molecule has 1 unspecified atom stereocenters. The Morgan fingerprint density at radius 1 is 1.24 bits per heavy atom. The van der Waals surface area contributed by atoms with Gasteiger partial charge in [0.25, 0.3) is 0 Å². The van der Waals surface area contributed by atoms with Crippen molar-refractivity contribution in [1.82, 2.24) is 10.3 Å². The Labute approximate surface area is 128 Å². The molecule has 1 aromatic rings. The van der Waals surface area contributed by atoms with Crippen molar-refractivity contribution >= 4 is 0 Å². The van der Waals surface area contributed by atoms with Gasteiger partial charge in [0.1, 0.15) is 5.75 Å². The average molecular weight is 291 g/mol. The number of nitrogens with one attached hydrogen (secondary N) is 1. The fourth-order valence-corrected chi connectivity index (χ4v) is 3.23. The molecule has 0 amide bonds. The monoisotopic (exact) mass is 291 g/mol. The lowest BCUT2D eigenvalue weighted by atomic mass is 9.80. The number of benzene rings is 1. The van der Waals surface area contributed by atoms with Crippen LogP contribution in [0.4, 0.5) is 0 Å². The van der Waals surface area contributed by atoms with Gasteiger partial charge >= 0.3 is 0 Å². The Bertz CT molecular complexity index is 436. The van der Waals surface area contributed by atoms with E-state index >= 15 is 0 Å². The van der Waals surface area contributed by atoms with E-state index in [0.29, 0.717) is 6.10 Å². The number of hydrazine groups is 1. The normalized spacial score (nSPS) is 17.0. The van der Waals surface area contributed by atoms with Crippen LogP contribution >= 0.6 is 0 Å². The molecular weight excluding hydrogens is 262 g/mol. The second-order valence-corrected chi connectivity index (χ2v) is 6.19. The van der Waals surface area contributed by atoms with Crippen molar-refractivity contribution in [3.63, 3.8) is 0 Å². The Hall–Kier alpha value is -1.10. The summed E-state index contributed by atoms with van der Waals surface area (Å²) in [7, 11) is 4.25. The van der Waals surface area contributed by atoms with E-state index in [4.69, 9.17) is 10.6 Å². The first kappa shape index (κ1) is 16.3. The van der Waals surface area contributed by atoms with Crippen molar-refractivity contribution < 1.29 is 4.74 Å². The van der Waals surface area contributed by atoms with Gasteiger partial charge in [-0.2, -0.15) is 0 Å². The van der Waals surface area contributed by atoms with Crippen LogP contribution in [0.2, 0.25) is 0 Å². The van der Waals surface area contributed by atoms with Gasteiger partial charge in [0, 0.05) is 5.54 Å². The zero-order chi connectivity index (χ0) is 15.5. The van der Waals surface area contributed by atoms with Crippen LogP contribution < -0.4 is 16.0 Å². The summed E-state index contributed by atoms with van der Waals surface area (Å²) in [4.78, 5) is 2.28. The molecule has 21 heavy (non-hydrogen) atoms. The number of likely N-dealkylation sites (N-methyl/N-ethyl adjacent to an activating group) is 1. The molecule has 0 aliphatic heterocycles. The molecule has 1 aliphatic rings. The Kier molecular flexibility index (Phi) is 5.25. The van der Waals surface area contributed by atoms with Gasteiger partial charge in [-0.15, -0.1) is 0 Å². The van der Waals surface area contributed by atoms with E-state index in [2.05, 4.69) is 62.5 Å². The SMILES string of the molecule is CCC(CC)(C(NN)c1ccc(OC2CC2)cc1)N(C)C. The lowest BCUT2D eigenvalue weighted by Crippen LogP contribution is -2.54. The molecule has 0 aromatic heterocycles. The smallest absolute Gasteiger partial charge is 0.119 e. The maximum Gasteiger partial charge on any atom is 0.119 e. The summed E-state index contributed by atoms with van der Waals surface area (Å²) in [6, 6.07) is 8.47. The standard InChI is InChI=1S/C17H29N3O/c1-5-17(6-2,20(3)4)16(19-18)13-7-9-14(10-8-13)21-15-11-12-15/h7-10,15-16,19H,5-6,11-12,18H2,1-4H3. The van der Waals surface area contributed by atoms with E-state index in [1.807, 2.05) is 0 Å². The minimum atomic E-state index is 0.00756. The third kappa shape index (κ3) is 3.39. The molecule has 0 radical (unpaired) electrons. The van der Waals surface area contributed by atoms with Gasteiger partial charge in [-0.3, -0.25) is 11.3 Å². The second-order valence-electron chi connectivity index (χ2n) is 6.19. The van der Waals surface area contributed by atoms with Crippen LogP contribution in [0, 0.1) is 0 Å². The maximum atomic E-state index is 5.90. The summed E-state index contributed by atoms with van der Waals surface area (Å²) >= 11 is 0. The van der Waals surface area contributed by atoms with Gasteiger partial charge < -0.3 is 9.64 Å². The van der Waals surface area contributed by atoms with E-state index in [1.54, 1.807) is 0 Å². The topological polar surface area (TPSA) is 50.5 Å². The molecule has 1 aromatic carbocycles. The van der Waals surface area contributed by atoms with Crippen molar-refractivity contribution in [3.05, 3.63) is 29.8 Å². The highest BCUT2D eigenvalue weighted by Gasteiger charge is 2.38. The van der Waals surface area contributed by atoms with E-state index < -0.39 is 0 Å². The average Bonchev–Trinajstić information content (AvgIpc) is 3.29. The van der Waals surface area contributed by atoms with Gasteiger partial charge in [0.2, 0.25) is 0 Å². The molecule has 1 atom stereocenters. The predicted octanol–water partition coefficient (Wildman–Crippen LogP) is 2.85. The molecule has 4 nitrogen and oxygen atoms in total. The van der Waals surface area contributed by atoms with Gasteiger partial charge in [-0.25, -0.2) is 0 Å². The van der Waals surface area contributed by atoms with Crippen molar-refractivity contribution in [1.29, 1.82) is 0 Å². The van der Waals surface area contributed by atoms with Crippen LogP contribution in [0.15, 0.2) is 24.3 Å². The van der Waals surface area contributed by atoms with Crippen LogP contribution in [-0.2, 0) is 0 Å². The quantitative estimate of drug-likeness (QED) is 0.571. The minimum absolute atomic E-state index is 0.00756. The summed E-state index contributed by atoms with van der Waals surface area (Å²) in [6.45, 7) is 4.44. The molecular formula is C17H29N3O. The van der Waals surface area contributed by atoms with Crippen molar-refractivity contribution in [2.24, 2.45) is 5.84 Å². The van der Waals surface area contributed by atoms with E-state index in [9.17, 15) is 0 Å². The lowest BCUT2D eigenvalue weighted by molar-refractivity contribution is 0.0881. The van der Waals surface area contributed by atoms with Crippen LogP contribution in [0.1, 0.15) is 51.1 Å². The largest absolute Gasteiger partial charge is 0.490 e. The Morgan fingerprint density at radius 3 is 2.19 bits per heavy atom. The summed E-state index contributed by atoms with van der Waals surface area (Å²) in [5, 5.41) is 0. The fraction of sp³-hybridized carbons (Fsp3) is 0.647. The molecule has 0 bridgehead atoms. The van der Waals surface area contributed by atoms with Gasteiger partial charge in [-0.1, -0.05) is 26.0 Å². The van der Waals surface area contributed by atoms with Crippen molar-refractivity contribution in [3.8, 4) is 5.75 Å². The first-order chi connectivity index (χ1) is 10.1. The number of hydrogen-bond acceptors (Lipinski definition) is 4. The molecule has 4 heteroatoms. The number of rotatable bonds is 8. The predicted molar refractivity (Wildman–Crippen MR) is 87.2 cm³/mol. The third-order valence-corrected chi connectivity index (χ3v) is 4.86. The molecule has 0 spiro atoms. The van der Waals surface area contributed by atoms with Crippen LogP contribution in [0.3, 0.4) is 0 Å². The first-order valence-electron chi connectivity index (χ1n) is 7.97. The Balaban J connectivity index is 2.22. The van der Waals surface area contributed by atoms with Crippen molar-refractivity contribution in [2.45, 2.75) is 57.2 Å². The molecule has 0 heterocycles. The summed E-state index contributed by atoms with van der Waals surface area (Å²) in [6.07, 6.45) is 4.87. The maximum absolute atomic E-state index is 5.90. The zero-order valence-electron chi connectivity index (χ0n) is 13.7. The summed E-state index contributed by atoms with van der Waals surface area (Å²) in [5.41, 5.74) is 4.25. The fourth-order valence-electron chi connectivity index (χ4n) is 3.23. The highest BCUT2D eigenvalue weighted by molar-refractivity contribution is 5.31. The highest BCUT2D eigenvalue weighted by Crippen LogP contribution is 2.36. The van der Waals surface area contributed by atoms with Crippen molar-refractivity contribution in [2.75, 3.05) is 14.1 Å². The zero-order valence-corrected chi connectivity index (χ0v) is 13.7. The number of nitrogens with two attached hydrogens (primary N) is 1. The van der Waals surface area contributed by atoms with Crippen LogP contribution in [0.5, 0.6) is 5.75 Å². The lowest BCUT2D eigenvalue weighted by Gasteiger charge is -2.45. The third-order valence-electron chi connectivity index (χ3n) is 4.86. The minimum Gasteiger partial charge on any atom is -0.490 e. The molecule has 118 valence electrons. The highest BCUT2D eigenvalue weighted by atomic mass is 16.5. The molecule has 2 rings (SSSR count). The van der Waals surface area contributed by atoms with Gasteiger partial charge in [-0.05, 0) is 57.5 Å². The number of ether oxygens (including phenoxy) is 1. The molecule has 1 aliphatic carbocycles. The molecule has 3 N–H and O–H groups in total.